The first-order valence-corrected chi connectivity index (χ1v) is 5.75. The van der Waals surface area contributed by atoms with Crippen molar-refractivity contribution in [1.82, 2.24) is 4.98 Å². The standard InChI is InChI=1S/C11H11NO3S/c1-6(2)16-11-12-8-4-3-7(10(13)14)5-9(8)15-11/h3-6H,1-2H3,(H,13,14). The number of hydrogen-bond donors (Lipinski definition) is 1. The fourth-order valence-corrected chi connectivity index (χ4v) is 1.98. The van der Waals surface area contributed by atoms with Crippen molar-refractivity contribution in [2.24, 2.45) is 0 Å². The highest BCUT2D eigenvalue weighted by atomic mass is 32.2. The molecule has 5 heteroatoms. The number of nitrogens with zero attached hydrogens (tertiary/aromatic N) is 1. The summed E-state index contributed by atoms with van der Waals surface area (Å²) in [5, 5.41) is 9.79. The molecular weight excluding hydrogens is 226 g/mol. The fraction of sp³-hybridized carbons (Fsp3) is 0.273. The Hall–Kier alpha value is -1.49. The second kappa shape index (κ2) is 4.17. The Morgan fingerprint density at radius 1 is 1.50 bits per heavy atom. The van der Waals surface area contributed by atoms with Crippen molar-refractivity contribution in [3.05, 3.63) is 23.8 Å². The number of carboxylic acid groups (broad SMARTS) is 1. The predicted molar refractivity (Wildman–Crippen MR) is 62.0 cm³/mol. The van der Waals surface area contributed by atoms with Crippen LogP contribution in [-0.4, -0.2) is 21.3 Å². The maximum Gasteiger partial charge on any atom is 0.335 e. The van der Waals surface area contributed by atoms with Gasteiger partial charge in [0.25, 0.3) is 5.22 Å². The van der Waals surface area contributed by atoms with Gasteiger partial charge in [0.1, 0.15) is 5.52 Å². The third kappa shape index (κ3) is 2.19. The minimum Gasteiger partial charge on any atom is -0.478 e. The first-order valence-electron chi connectivity index (χ1n) is 4.87. The van der Waals surface area contributed by atoms with Gasteiger partial charge in [0.2, 0.25) is 0 Å². The van der Waals surface area contributed by atoms with E-state index in [-0.39, 0.29) is 5.56 Å². The van der Waals surface area contributed by atoms with E-state index in [2.05, 4.69) is 4.98 Å². The first kappa shape index (κ1) is 11.0. The van der Waals surface area contributed by atoms with Gasteiger partial charge in [0, 0.05) is 5.25 Å². The summed E-state index contributed by atoms with van der Waals surface area (Å²) < 4.78 is 5.46. The lowest BCUT2D eigenvalue weighted by Gasteiger charge is -1.96. The van der Waals surface area contributed by atoms with Gasteiger partial charge in [0.15, 0.2) is 5.58 Å². The Bertz CT molecular complexity index is 533. The number of carboxylic acids is 1. The summed E-state index contributed by atoms with van der Waals surface area (Å²) in [5.41, 5.74) is 1.42. The summed E-state index contributed by atoms with van der Waals surface area (Å²) >= 11 is 1.51. The van der Waals surface area contributed by atoms with E-state index in [4.69, 9.17) is 9.52 Å². The number of aromatic carboxylic acids is 1. The van der Waals surface area contributed by atoms with Crippen molar-refractivity contribution in [2.45, 2.75) is 24.3 Å². The van der Waals surface area contributed by atoms with E-state index in [9.17, 15) is 4.79 Å². The highest BCUT2D eigenvalue weighted by Crippen LogP contribution is 2.26. The summed E-state index contributed by atoms with van der Waals surface area (Å²) in [6.07, 6.45) is 0. The molecule has 0 atom stereocenters. The topological polar surface area (TPSA) is 63.3 Å². The molecule has 2 aromatic rings. The summed E-state index contributed by atoms with van der Waals surface area (Å²) in [4.78, 5) is 15.0. The molecule has 0 bridgehead atoms. The molecule has 1 aromatic carbocycles. The molecule has 0 amide bonds. The van der Waals surface area contributed by atoms with Gasteiger partial charge < -0.3 is 9.52 Å². The zero-order chi connectivity index (χ0) is 11.7. The zero-order valence-corrected chi connectivity index (χ0v) is 9.75. The van der Waals surface area contributed by atoms with E-state index in [1.807, 2.05) is 13.8 Å². The number of fused-ring (bicyclic) bond motifs is 1. The Kier molecular flexibility index (Phi) is 2.87. The van der Waals surface area contributed by atoms with Crippen molar-refractivity contribution in [3.8, 4) is 0 Å². The third-order valence-corrected chi connectivity index (χ3v) is 2.80. The van der Waals surface area contributed by atoms with Gasteiger partial charge in [-0.3, -0.25) is 0 Å². The molecule has 0 aliphatic heterocycles. The van der Waals surface area contributed by atoms with Gasteiger partial charge in [-0.1, -0.05) is 25.6 Å². The van der Waals surface area contributed by atoms with Crippen LogP contribution >= 0.6 is 11.8 Å². The molecule has 16 heavy (non-hydrogen) atoms. The van der Waals surface area contributed by atoms with Crippen LogP contribution in [0.15, 0.2) is 27.8 Å². The Balaban J connectivity index is 2.42. The van der Waals surface area contributed by atoms with Crippen LogP contribution in [-0.2, 0) is 0 Å². The molecule has 0 unspecified atom stereocenters. The van der Waals surface area contributed by atoms with Gasteiger partial charge in [-0.05, 0) is 18.2 Å². The molecule has 0 radical (unpaired) electrons. The number of oxazole rings is 1. The van der Waals surface area contributed by atoms with Crippen molar-refractivity contribution >= 4 is 28.8 Å². The molecule has 1 aromatic heterocycles. The lowest BCUT2D eigenvalue weighted by molar-refractivity contribution is 0.0697. The lowest BCUT2D eigenvalue weighted by atomic mass is 10.2. The van der Waals surface area contributed by atoms with Gasteiger partial charge in [-0.2, -0.15) is 0 Å². The highest BCUT2D eigenvalue weighted by molar-refractivity contribution is 7.99. The molecule has 1 N–H and O–H groups in total. The van der Waals surface area contributed by atoms with Crippen LogP contribution in [0.5, 0.6) is 0 Å². The predicted octanol–water partition coefficient (Wildman–Crippen LogP) is 3.03. The Labute approximate surface area is 96.7 Å². The summed E-state index contributed by atoms with van der Waals surface area (Å²) in [5.74, 6) is -0.962. The number of rotatable bonds is 3. The van der Waals surface area contributed by atoms with E-state index in [0.717, 1.165) is 0 Å². The van der Waals surface area contributed by atoms with Gasteiger partial charge in [-0.25, -0.2) is 9.78 Å². The largest absolute Gasteiger partial charge is 0.478 e. The molecule has 0 aliphatic carbocycles. The quantitative estimate of drug-likeness (QED) is 0.831. The van der Waals surface area contributed by atoms with Crippen LogP contribution in [0.2, 0.25) is 0 Å². The van der Waals surface area contributed by atoms with Gasteiger partial charge in [0.05, 0.1) is 5.56 Å². The van der Waals surface area contributed by atoms with E-state index in [1.54, 1.807) is 6.07 Å². The van der Waals surface area contributed by atoms with Crippen molar-refractivity contribution in [1.29, 1.82) is 0 Å². The van der Waals surface area contributed by atoms with Crippen LogP contribution in [0.3, 0.4) is 0 Å². The molecule has 0 saturated heterocycles. The lowest BCUT2D eigenvalue weighted by Crippen LogP contribution is -1.94. The minimum absolute atomic E-state index is 0.213. The zero-order valence-electron chi connectivity index (χ0n) is 8.93. The van der Waals surface area contributed by atoms with Crippen LogP contribution in [0, 0.1) is 0 Å². The van der Waals surface area contributed by atoms with Crippen LogP contribution in [0.1, 0.15) is 24.2 Å². The van der Waals surface area contributed by atoms with E-state index in [0.29, 0.717) is 21.6 Å². The smallest absolute Gasteiger partial charge is 0.335 e. The van der Waals surface area contributed by atoms with E-state index in [1.165, 1.54) is 23.9 Å². The number of aromatic nitrogens is 1. The van der Waals surface area contributed by atoms with Gasteiger partial charge >= 0.3 is 5.97 Å². The summed E-state index contributed by atoms with van der Waals surface area (Å²) in [6.45, 7) is 4.09. The second-order valence-electron chi connectivity index (χ2n) is 3.63. The molecule has 84 valence electrons. The molecule has 2 rings (SSSR count). The molecule has 1 heterocycles. The average Bonchev–Trinajstić information content (AvgIpc) is 2.56. The van der Waals surface area contributed by atoms with E-state index < -0.39 is 5.97 Å². The average molecular weight is 237 g/mol. The van der Waals surface area contributed by atoms with Crippen LogP contribution < -0.4 is 0 Å². The van der Waals surface area contributed by atoms with Crippen LogP contribution in [0.4, 0.5) is 0 Å². The number of thioether (sulfide) groups is 1. The molecule has 0 aliphatic rings. The van der Waals surface area contributed by atoms with E-state index >= 15 is 0 Å². The third-order valence-electron chi connectivity index (χ3n) is 1.95. The second-order valence-corrected chi connectivity index (χ2v) is 5.16. The first-order chi connectivity index (χ1) is 7.56. The maximum absolute atomic E-state index is 10.8. The molecule has 4 nitrogen and oxygen atoms in total. The van der Waals surface area contributed by atoms with Crippen molar-refractivity contribution < 1.29 is 14.3 Å². The Morgan fingerprint density at radius 3 is 2.88 bits per heavy atom. The number of hydrogen-bond acceptors (Lipinski definition) is 4. The summed E-state index contributed by atoms with van der Waals surface area (Å²) in [7, 11) is 0. The highest BCUT2D eigenvalue weighted by Gasteiger charge is 2.10. The van der Waals surface area contributed by atoms with Crippen molar-refractivity contribution in [2.75, 3.05) is 0 Å². The van der Waals surface area contributed by atoms with Gasteiger partial charge in [-0.15, -0.1) is 0 Å². The normalized spacial score (nSPS) is 11.2. The molecule has 0 fully saturated rings. The fourth-order valence-electron chi connectivity index (χ4n) is 1.29. The molecular formula is C11H11NO3S. The maximum atomic E-state index is 10.8. The molecule has 0 saturated carbocycles. The molecule has 0 spiro atoms. The Morgan fingerprint density at radius 2 is 2.25 bits per heavy atom. The number of carbonyl (C=O) groups is 1. The summed E-state index contributed by atoms with van der Waals surface area (Å²) in [6, 6.07) is 4.68. The van der Waals surface area contributed by atoms with Crippen molar-refractivity contribution in [3.63, 3.8) is 0 Å². The minimum atomic E-state index is -0.962. The monoisotopic (exact) mass is 237 g/mol. The number of benzene rings is 1. The van der Waals surface area contributed by atoms with Crippen LogP contribution in [0.25, 0.3) is 11.1 Å². The SMILES string of the molecule is CC(C)Sc1nc2ccc(C(=O)O)cc2o1.